The van der Waals surface area contributed by atoms with Crippen LogP contribution in [0.15, 0.2) is 4.99 Å². The minimum Gasteiger partial charge on any atom is -0.378 e. The Hall–Kier alpha value is -1.10. The molecule has 1 amide bonds. The zero-order valence-corrected chi connectivity index (χ0v) is 8.46. The summed E-state index contributed by atoms with van der Waals surface area (Å²) < 4.78 is 5.23. The lowest BCUT2D eigenvalue weighted by atomic mass is 10.00. The highest BCUT2D eigenvalue weighted by molar-refractivity contribution is 6.09. The predicted molar refractivity (Wildman–Crippen MR) is 52.0 cm³/mol. The second-order valence-corrected chi connectivity index (χ2v) is 4.04. The van der Waals surface area contributed by atoms with Gasteiger partial charge >= 0.3 is 0 Å². The second-order valence-electron chi connectivity index (χ2n) is 4.04. The van der Waals surface area contributed by atoms with Crippen molar-refractivity contribution < 1.29 is 9.53 Å². The zero-order valence-electron chi connectivity index (χ0n) is 8.46. The molecule has 2 N–H and O–H groups in total. The molecule has 1 unspecified atom stereocenters. The summed E-state index contributed by atoms with van der Waals surface area (Å²) in [5, 5.41) is 5.85. The number of nitrogens with one attached hydrogen (secondary N) is 2. The summed E-state index contributed by atoms with van der Waals surface area (Å²) in [5.74, 6) is 0.560. The van der Waals surface area contributed by atoms with E-state index >= 15 is 0 Å². The molecule has 0 aliphatic carbocycles. The van der Waals surface area contributed by atoms with Crippen molar-refractivity contribution in [2.45, 2.75) is 31.8 Å². The molecule has 2 aliphatic heterocycles. The number of carbonyl (C=O) groups excluding carboxylic acids is 1. The summed E-state index contributed by atoms with van der Waals surface area (Å²) in [4.78, 5) is 15.9. The van der Waals surface area contributed by atoms with E-state index < -0.39 is 5.54 Å². The summed E-state index contributed by atoms with van der Waals surface area (Å²) in [7, 11) is 0. The van der Waals surface area contributed by atoms with Gasteiger partial charge in [-0.05, 0) is 13.8 Å². The third kappa shape index (κ3) is 1.48. The summed E-state index contributed by atoms with van der Waals surface area (Å²) >= 11 is 0. The fraction of sp³-hybridized carbons (Fsp3) is 0.778. The third-order valence-corrected chi connectivity index (χ3v) is 2.43. The van der Waals surface area contributed by atoms with Gasteiger partial charge in [0.1, 0.15) is 5.54 Å². The molecule has 0 saturated carbocycles. The maximum atomic E-state index is 11.7. The molecule has 2 aliphatic rings. The Balaban J connectivity index is 2.14. The normalized spacial score (nSPS) is 34.2. The quantitative estimate of drug-likeness (QED) is 0.603. The van der Waals surface area contributed by atoms with Crippen molar-refractivity contribution in [1.82, 2.24) is 10.6 Å². The first-order valence-electron chi connectivity index (χ1n) is 4.88. The fourth-order valence-corrected chi connectivity index (χ4v) is 1.71. The van der Waals surface area contributed by atoms with Crippen LogP contribution in [-0.2, 0) is 9.53 Å². The number of amides is 1. The van der Waals surface area contributed by atoms with E-state index in [0.717, 1.165) is 6.42 Å². The van der Waals surface area contributed by atoms with Crippen molar-refractivity contribution in [3.05, 3.63) is 0 Å². The van der Waals surface area contributed by atoms with E-state index in [2.05, 4.69) is 15.6 Å². The van der Waals surface area contributed by atoms with Crippen LogP contribution in [0.25, 0.3) is 0 Å². The molecule has 0 aromatic rings. The van der Waals surface area contributed by atoms with Gasteiger partial charge in [-0.15, -0.1) is 0 Å². The first-order valence-corrected chi connectivity index (χ1v) is 4.88. The van der Waals surface area contributed by atoms with E-state index in [-0.39, 0.29) is 11.9 Å². The molecule has 5 nitrogen and oxygen atoms in total. The van der Waals surface area contributed by atoms with E-state index in [1.165, 1.54) is 0 Å². The van der Waals surface area contributed by atoms with Crippen LogP contribution in [0.4, 0.5) is 0 Å². The van der Waals surface area contributed by atoms with E-state index in [1.807, 2.05) is 13.8 Å². The van der Waals surface area contributed by atoms with E-state index in [0.29, 0.717) is 19.2 Å². The summed E-state index contributed by atoms with van der Waals surface area (Å²) in [6.07, 6.45) is 0.718. The van der Waals surface area contributed by atoms with Gasteiger partial charge < -0.3 is 10.1 Å². The Morgan fingerprint density at radius 1 is 1.57 bits per heavy atom. The lowest BCUT2D eigenvalue weighted by molar-refractivity contribution is -0.123. The highest BCUT2D eigenvalue weighted by Gasteiger charge is 2.48. The first-order chi connectivity index (χ1) is 6.62. The van der Waals surface area contributed by atoms with Crippen molar-refractivity contribution in [2.75, 3.05) is 13.2 Å². The molecule has 2 fully saturated rings. The minimum atomic E-state index is -0.548. The van der Waals surface area contributed by atoms with Gasteiger partial charge in [-0.2, -0.15) is 0 Å². The number of carbonyl (C=O) groups is 1. The standard InChI is InChI=1S/C9H15N3O2/c1-6(2)10-8-11-7(13)9(12-8)3-4-14-5-9/h6H,3-5H2,1-2H3,(H2,10,11,12,13). The number of aliphatic imine (C=N–C) groups is 1. The number of nitrogens with zero attached hydrogens (tertiary/aromatic N) is 1. The summed E-state index contributed by atoms with van der Waals surface area (Å²) in [5.41, 5.74) is -0.548. The Bertz CT molecular complexity index is 280. The average Bonchev–Trinajstić information content (AvgIpc) is 2.62. The lowest BCUT2D eigenvalue weighted by Gasteiger charge is -2.16. The van der Waals surface area contributed by atoms with Gasteiger partial charge in [-0.25, -0.2) is 0 Å². The topological polar surface area (TPSA) is 62.7 Å². The Kier molecular flexibility index (Phi) is 2.19. The molecule has 1 spiro atoms. The van der Waals surface area contributed by atoms with Gasteiger partial charge in [0, 0.05) is 19.1 Å². The maximum absolute atomic E-state index is 11.7. The molecule has 1 atom stereocenters. The largest absolute Gasteiger partial charge is 0.378 e. The Morgan fingerprint density at radius 3 is 2.93 bits per heavy atom. The van der Waals surface area contributed by atoms with Crippen LogP contribution in [0.3, 0.4) is 0 Å². The molecule has 0 aromatic carbocycles. The fourth-order valence-electron chi connectivity index (χ4n) is 1.71. The van der Waals surface area contributed by atoms with Crippen LogP contribution in [0.1, 0.15) is 20.3 Å². The molecule has 5 heteroatoms. The molecule has 0 bridgehead atoms. The monoisotopic (exact) mass is 197 g/mol. The number of rotatable bonds is 1. The molecular formula is C9H15N3O2. The first kappa shape index (κ1) is 9.45. The average molecular weight is 197 g/mol. The summed E-state index contributed by atoms with van der Waals surface area (Å²) in [6.45, 7) is 5.01. The lowest BCUT2D eigenvalue weighted by Crippen LogP contribution is -2.47. The van der Waals surface area contributed by atoms with Crippen LogP contribution < -0.4 is 10.6 Å². The van der Waals surface area contributed by atoms with Crippen LogP contribution in [0.2, 0.25) is 0 Å². The molecule has 2 saturated heterocycles. The smallest absolute Gasteiger partial charge is 0.254 e. The van der Waals surface area contributed by atoms with Crippen LogP contribution in [0.5, 0.6) is 0 Å². The van der Waals surface area contributed by atoms with Gasteiger partial charge in [0.2, 0.25) is 0 Å². The number of hydrogen-bond donors (Lipinski definition) is 2. The Labute approximate surface area is 82.9 Å². The van der Waals surface area contributed by atoms with E-state index in [1.54, 1.807) is 0 Å². The molecule has 0 radical (unpaired) electrons. The van der Waals surface area contributed by atoms with Gasteiger partial charge in [0.15, 0.2) is 5.96 Å². The van der Waals surface area contributed by atoms with E-state index in [4.69, 9.17) is 4.74 Å². The molecule has 2 heterocycles. The second kappa shape index (κ2) is 3.24. The Morgan fingerprint density at radius 2 is 2.36 bits per heavy atom. The van der Waals surface area contributed by atoms with Crippen molar-refractivity contribution in [2.24, 2.45) is 4.99 Å². The summed E-state index contributed by atoms with van der Waals surface area (Å²) in [6, 6.07) is 0.176. The van der Waals surface area contributed by atoms with Gasteiger partial charge in [-0.3, -0.25) is 15.1 Å². The van der Waals surface area contributed by atoms with Crippen molar-refractivity contribution in [1.29, 1.82) is 0 Å². The molecule has 78 valence electrons. The van der Waals surface area contributed by atoms with Crippen molar-refractivity contribution in [3.8, 4) is 0 Å². The van der Waals surface area contributed by atoms with Crippen LogP contribution in [-0.4, -0.2) is 36.7 Å². The van der Waals surface area contributed by atoms with Gasteiger partial charge in [0.05, 0.1) is 6.61 Å². The molecule has 0 aromatic heterocycles. The van der Waals surface area contributed by atoms with E-state index in [9.17, 15) is 4.79 Å². The SMILES string of the molecule is CC(C)N=C1NC(=O)C2(CCOC2)N1. The highest BCUT2D eigenvalue weighted by Crippen LogP contribution is 2.21. The molecule has 14 heavy (non-hydrogen) atoms. The highest BCUT2D eigenvalue weighted by atomic mass is 16.5. The number of hydrogen-bond acceptors (Lipinski definition) is 3. The third-order valence-electron chi connectivity index (χ3n) is 2.43. The molecular weight excluding hydrogens is 182 g/mol. The molecule has 2 rings (SSSR count). The maximum Gasteiger partial charge on any atom is 0.254 e. The van der Waals surface area contributed by atoms with Crippen molar-refractivity contribution in [3.63, 3.8) is 0 Å². The van der Waals surface area contributed by atoms with Crippen LogP contribution >= 0.6 is 0 Å². The minimum absolute atomic E-state index is 0.0191. The van der Waals surface area contributed by atoms with Crippen LogP contribution in [0, 0.1) is 0 Å². The number of ether oxygens (including phenoxy) is 1. The zero-order chi connectivity index (χ0) is 10.2. The van der Waals surface area contributed by atoms with Gasteiger partial charge in [-0.1, -0.05) is 0 Å². The number of guanidine groups is 1. The predicted octanol–water partition coefficient (Wildman–Crippen LogP) is -0.371. The van der Waals surface area contributed by atoms with Gasteiger partial charge in [0.25, 0.3) is 5.91 Å². The van der Waals surface area contributed by atoms with Crippen molar-refractivity contribution >= 4 is 11.9 Å².